The molecule has 23 heavy (non-hydrogen) atoms. The van der Waals surface area contributed by atoms with Crippen LogP contribution in [-0.2, 0) is 11.8 Å². The van der Waals surface area contributed by atoms with Crippen LogP contribution >= 0.6 is 0 Å². The minimum atomic E-state index is -0.565. The minimum absolute atomic E-state index is 0.0176. The molecular weight excluding hydrogens is 294 g/mol. The van der Waals surface area contributed by atoms with Crippen molar-refractivity contribution in [1.29, 1.82) is 0 Å². The van der Waals surface area contributed by atoms with E-state index in [0.717, 1.165) is 6.42 Å². The normalized spacial score (nSPS) is 18.3. The summed E-state index contributed by atoms with van der Waals surface area (Å²) >= 11 is 0. The highest BCUT2D eigenvalue weighted by atomic mass is 16.2. The van der Waals surface area contributed by atoms with Gasteiger partial charge in [0.15, 0.2) is 5.82 Å². The second-order valence-electron chi connectivity index (χ2n) is 5.77. The van der Waals surface area contributed by atoms with Gasteiger partial charge in [0.2, 0.25) is 5.91 Å². The molecule has 120 valence electrons. The molecule has 0 aliphatic carbocycles. The van der Waals surface area contributed by atoms with Crippen LogP contribution in [-0.4, -0.2) is 32.6 Å². The highest BCUT2D eigenvalue weighted by Crippen LogP contribution is 2.34. The van der Waals surface area contributed by atoms with Gasteiger partial charge in [-0.05, 0) is 18.1 Å². The average Bonchev–Trinajstić information content (AvgIpc) is 2.98. The van der Waals surface area contributed by atoms with Gasteiger partial charge in [-0.25, -0.2) is 4.98 Å². The lowest BCUT2D eigenvalue weighted by Gasteiger charge is -2.38. The maximum absolute atomic E-state index is 13.0. The maximum atomic E-state index is 13.0. The molecule has 0 aromatic carbocycles. The molecule has 0 saturated carbocycles. The van der Waals surface area contributed by atoms with Crippen molar-refractivity contribution in [3.63, 3.8) is 0 Å². The number of aryl methyl sites for hydroxylation is 1. The quantitative estimate of drug-likeness (QED) is 0.937. The van der Waals surface area contributed by atoms with E-state index in [2.05, 4.69) is 15.4 Å². The van der Waals surface area contributed by atoms with Crippen molar-refractivity contribution in [3.05, 3.63) is 36.3 Å². The number of hydrogen-bond donors (Lipinski definition) is 1. The van der Waals surface area contributed by atoms with Crippen molar-refractivity contribution >= 4 is 23.3 Å². The highest BCUT2D eigenvalue weighted by molar-refractivity contribution is 6.16. The monoisotopic (exact) mass is 313 g/mol. The second kappa shape index (κ2) is 5.83. The summed E-state index contributed by atoms with van der Waals surface area (Å²) in [5.74, 6) is -0.0199. The van der Waals surface area contributed by atoms with Crippen LogP contribution < -0.4 is 10.2 Å². The summed E-state index contributed by atoms with van der Waals surface area (Å²) in [4.78, 5) is 31.3. The molecule has 3 heterocycles. The van der Waals surface area contributed by atoms with E-state index in [1.807, 2.05) is 13.8 Å². The first kappa shape index (κ1) is 15.2. The van der Waals surface area contributed by atoms with Crippen LogP contribution in [0.3, 0.4) is 0 Å². The Bertz CT molecular complexity index is 754. The van der Waals surface area contributed by atoms with Crippen LogP contribution in [0, 0.1) is 5.92 Å². The van der Waals surface area contributed by atoms with Gasteiger partial charge in [0.25, 0.3) is 5.91 Å². The molecule has 0 unspecified atom stereocenters. The first-order chi connectivity index (χ1) is 11.0. The van der Waals surface area contributed by atoms with E-state index in [1.165, 1.54) is 6.20 Å². The molecule has 1 N–H and O–H groups in total. The standard InChI is InChI=1S/C16H19N5O2/c1-4-10(2)13-15(22)19-14-12(6-5-7-17-14)21(13)16(23)11-8-18-20(3)9-11/h5-10,13H,4H2,1-3H3,(H,17,19,22)/t10-,13-/m0/s1. The Balaban J connectivity index is 2.10. The van der Waals surface area contributed by atoms with Gasteiger partial charge in [0.05, 0.1) is 17.4 Å². The number of anilines is 2. The Morgan fingerprint density at radius 3 is 2.91 bits per heavy atom. The number of aromatic nitrogens is 3. The number of carbonyl (C=O) groups excluding carboxylic acids is 2. The zero-order valence-corrected chi connectivity index (χ0v) is 13.4. The molecule has 7 nitrogen and oxygen atoms in total. The predicted octanol–water partition coefficient (Wildman–Crippen LogP) is 1.83. The molecule has 7 heteroatoms. The Hall–Kier alpha value is -2.70. The molecule has 1 aliphatic rings. The summed E-state index contributed by atoms with van der Waals surface area (Å²) in [6.45, 7) is 3.97. The number of hydrogen-bond acceptors (Lipinski definition) is 4. The van der Waals surface area contributed by atoms with Crippen molar-refractivity contribution in [3.8, 4) is 0 Å². The summed E-state index contributed by atoms with van der Waals surface area (Å²) in [5, 5.41) is 6.85. The average molecular weight is 313 g/mol. The Morgan fingerprint density at radius 2 is 2.26 bits per heavy atom. The van der Waals surface area contributed by atoms with E-state index >= 15 is 0 Å². The van der Waals surface area contributed by atoms with Crippen LogP contribution in [0.15, 0.2) is 30.7 Å². The Morgan fingerprint density at radius 1 is 1.48 bits per heavy atom. The van der Waals surface area contributed by atoms with Gasteiger partial charge in [0, 0.05) is 19.4 Å². The third kappa shape index (κ3) is 2.58. The van der Waals surface area contributed by atoms with Crippen LogP contribution in [0.1, 0.15) is 30.6 Å². The van der Waals surface area contributed by atoms with E-state index in [-0.39, 0.29) is 17.7 Å². The molecule has 0 radical (unpaired) electrons. The van der Waals surface area contributed by atoms with Gasteiger partial charge in [-0.3, -0.25) is 19.2 Å². The molecule has 0 fully saturated rings. The number of rotatable bonds is 3. The first-order valence-electron chi connectivity index (χ1n) is 7.61. The lowest BCUT2D eigenvalue weighted by molar-refractivity contribution is -0.118. The third-order valence-electron chi connectivity index (χ3n) is 4.19. The number of nitrogens with zero attached hydrogens (tertiary/aromatic N) is 4. The fourth-order valence-corrected chi connectivity index (χ4v) is 2.79. The van der Waals surface area contributed by atoms with Gasteiger partial charge in [0.1, 0.15) is 6.04 Å². The minimum Gasteiger partial charge on any atom is -0.307 e. The Kier molecular flexibility index (Phi) is 3.85. The van der Waals surface area contributed by atoms with Gasteiger partial charge in [-0.2, -0.15) is 5.10 Å². The smallest absolute Gasteiger partial charge is 0.262 e. The van der Waals surface area contributed by atoms with Crippen LogP contribution in [0.25, 0.3) is 0 Å². The highest BCUT2D eigenvalue weighted by Gasteiger charge is 2.40. The summed E-state index contributed by atoms with van der Waals surface area (Å²) < 4.78 is 1.57. The van der Waals surface area contributed by atoms with E-state index in [9.17, 15) is 9.59 Å². The number of fused-ring (bicyclic) bond motifs is 1. The molecule has 2 aromatic rings. The largest absolute Gasteiger partial charge is 0.307 e. The molecule has 0 bridgehead atoms. The molecule has 0 saturated heterocycles. The van der Waals surface area contributed by atoms with Gasteiger partial charge < -0.3 is 5.32 Å². The van der Waals surface area contributed by atoms with Crippen LogP contribution in [0.2, 0.25) is 0 Å². The zero-order chi connectivity index (χ0) is 16.6. The van der Waals surface area contributed by atoms with Crippen molar-refractivity contribution in [1.82, 2.24) is 14.8 Å². The van der Waals surface area contributed by atoms with E-state index in [4.69, 9.17) is 0 Å². The molecule has 0 spiro atoms. The number of pyridine rings is 1. The lowest BCUT2D eigenvalue weighted by Crippen LogP contribution is -2.54. The third-order valence-corrected chi connectivity index (χ3v) is 4.19. The fraction of sp³-hybridized carbons (Fsp3) is 0.375. The fourth-order valence-electron chi connectivity index (χ4n) is 2.79. The lowest BCUT2D eigenvalue weighted by atomic mass is 9.94. The molecule has 2 amide bonds. The molecule has 2 aromatic heterocycles. The molecule has 2 atom stereocenters. The van der Waals surface area contributed by atoms with Crippen LogP contribution in [0.4, 0.5) is 11.5 Å². The first-order valence-corrected chi connectivity index (χ1v) is 7.61. The summed E-state index contributed by atoms with van der Waals surface area (Å²) in [6.07, 6.45) is 5.54. The van der Waals surface area contributed by atoms with Crippen LogP contribution in [0.5, 0.6) is 0 Å². The summed E-state index contributed by atoms with van der Waals surface area (Å²) in [7, 11) is 1.75. The van der Waals surface area contributed by atoms with Crippen molar-refractivity contribution in [2.75, 3.05) is 10.2 Å². The number of carbonyl (C=O) groups is 2. The number of nitrogens with one attached hydrogen (secondary N) is 1. The Labute approximate surface area is 134 Å². The summed E-state index contributed by atoms with van der Waals surface area (Å²) in [6, 6.07) is 2.99. The predicted molar refractivity (Wildman–Crippen MR) is 86.1 cm³/mol. The molecule has 1 aliphatic heterocycles. The van der Waals surface area contributed by atoms with Gasteiger partial charge in [-0.1, -0.05) is 20.3 Å². The van der Waals surface area contributed by atoms with Gasteiger partial charge >= 0.3 is 0 Å². The van der Waals surface area contributed by atoms with E-state index in [1.54, 1.807) is 41.2 Å². The topological polar surface area (TPSA) is 80.1 Å². The number of amides is 2. The van der Waals surface area contributed by atoms with E-state index < -0.39 is 6.04 Å². The maximum Gasteiger partial charge on any atom is 0.262 e. The zero-order valence-electron chi connectivity index (χ0n) is 13.4. The van der Waals surface area contributed by atoms with E-state index in [0.29, 0.717) is 17.1 Å². The van der Waals surface area contributed by atoms with Gasteiger partial charge in [-0.15, -0.1) is 0 Å². The molecule has 3 rings (SSSR count). The SMILES string of the molecule is CC[C@H](C)[C@H]1C(=O)Nc2ncccc2N1C(=O)c1cnn(C)c1. The van der Waals surface area contributed by atoms with Crippen molar-refractivity contribution < 1.29 is 9.59 Å². The molecular formula is C16H19N5O2. The van der Waals surface area contributed by atoms with Crippen molar-refractivity contribution in [2.24, 2.45) is 13.0 Å². The van der Waals surface area contributed by atoms with Crippen molar-refractivity contribution in [2.45, 2.75) is 26.3 Å². The second-order valence-corrected chi connectivity index (χ2v) is 5.77. The summed E-state index contributed by atoms with van der Waals surface area (Å²) in [5.41, 5.74) is 1.07.